The number of H-pyrrole nitrogens is 1. The Bertz CT molecular complexity index is 733. The number of Topliss-reactive ketones (excluding diaryl/α,β-unsaturated/α-hetero) is 1. The molecule has 0 saturated carbocycles. The highest BCUT2D eigenvalue weighted by Crippen LogP contribution is 2.29. The number of halogens is 1. The van der Waals surface area contributed by atoms with Crippen LogP contribution in [-0.2, 0) is 0 Å². The summed E-state index contributed by atoms with van der Waals surface area (Å²) in [6.45, 7) is 0. The van der Waals surface area contributed by atoms with Gasteiger partial charge in [0.05, 0.1) is 0 Å². The van der Waals surface area contributed by atoms with Gasteiger partial charge in [0.2, 0.25) is 0 Å². The molecular formula is C19H16BrNO. The van der Waals surface area contributed by atoms with Gasteiger partial charge in [-0.3, -0.25) is 4.79 Å². The van der Waals surface area contributed by atoms with Crippen LogP contribution >= 0.6 is 15.9 Å². The van der Waals surface area contributed by atoms with Crippen LogP contribution in [0.4, 0.5) is 0 Å². The molecule has 0 amide bonds. The third-order valence-corrected chi connectivity index (χ3v) is 4.28. The molecule has 0 saturated heterocycles. The molecule has 1 N–H and O–H groups in total. The molecule has 22 heavy (non-hydrogen) atoms. The van der Waals surface area contributed by atoms with E-state index in [9.17, 15) is 4.79 Å². The van der Waals surface area contributed by atoms with Crippen molar-refractivity contribution in [3.63, 3.8) is 0 Å². The molecule has 3 rings (SSSR count). The Morgan fingerprint density at radius 2 is 1.68 bits per heavy atom. The molecule has 1 unspecified atom stereocenters. The fraction of sp³-hybridized carbons (Fsp3) is 0.105. The fourth-order valence-corrected chi connectivity index (χ4v) is 2.86. The Balaban J connectivity index is 1.90. The van der Waals surface area contributed by atoms with Crippen LogP contribution in [0, 0.1) is 0 Å². The van der Waals surface area contributed by atoms with Gasteiger partial charge in [0.25, 0.3) is 0 Å². The Labute approximate surface area is 138 Å². The maximum atomic E-state index is 12.6. The topological polar surface area (TPSA) is 32.9 Å². The van der Waals surface area contributed by atoms with Gasteiger partial charge in [0.1, 0.15) is 0 Å². The molecule has 0 aliphatic carbocycles. The van der Waals surface area contributed by atoms with Gasteiger partial charge in [-0.15, -0.1) is 0 Å². The van der Waals surface area contributed by atoms with Crippen LogP contribution in [0.1, 0.15) is 34.0 Å². The third kappa shape index (κ3) is 3.37. The predicted molar refractivity (Wildman–Crippen MR) is 92.2 cm³/mol. The lowest BCUT2D eigenvalue weighted by Gasteiger charge is -2.16. The average molecular weight is 354 g/mol. The zero-order chi connectivity index (χ0) is 15.4. The summed E-state index contributed by atoms with van der Waals surface area (Å²) in [5, 5.41) is 0. The van der Waals surface area contributed by atoms with Gasteiger partial charge in [-0.25, -0.2) is 0 Å². The highest BCUT2D eigenvalue weighted by molar-refractivity contribution is 9.10. The van der Waals surface area contributed by atoms with E-state index in [2.05, 4.69) is 33.0 Å². The van der Waals surface area contributed by atoms with Crippen LogP contribution in [0.2, 0.25) is 0 Å². The molecule has 2 aromatic carbocycles. The molecule has 0 fully saturated rings. The predicted octanol–water partition coefficient (Wildman–Crippen LogP) is 5.18. The highest BCUT2D eigenvalue weighted by atomic mass is 79.9. The quantitative estimate of drug-likeness (QED) is 0.629. The number of hydrogen-bond acceptors (Lipinski definition) is 1. The largest absolute Gasteiger partial charge is 0.364 e. The van der Waals surface area contributed by atoms with Gasteiger partial charge < -0.3 is 4.98 Å². The van der Waals surface area contributed by atoms with Gasteiger partial charge in [-0.05, 0) is 29.8 Å². The molecular weight excluding hydrogens is 338 g/mol. The molecule has 110 valence electrons. The minimum atomic E-state index is 0.0378. The van der Waals surface area contributed by atoms with Gasteiger partial charge >= 0.3 is 0 Å². The molecule has 0 aliphatic heterocycles. The third-order valence-electron chi connectivity index (χ3n) is 3.76. The Morgan fingerprint density at radius 1 is 0.955 bits per heavy atom. The Hall–Kier alpha value is -2.13. The number of nitrogens with one attached hydrogen (secondary N) is 1. The number of rotatable bonds is 5. The maximum absolute atomic E-state index is 12.6. The number of hydrogen-bond donors (Lipinski definition) is 1. The second kappa shape index (κ2) is 6.75. The number of ketones is 1. The molecule has 0 radical (unpaired) electrons. The number of aromatic amines is 1. The summed E-state index contributed by atoms with van der Waals surface area (Å²) >= 11 is 3.46. The van der Waals surface area contributed by atoms with E-state index >= 15 is 0 Å². The molecule has 1 heterocycles. The van der Waals surface area contributed by atoms with Gasteiger partial charge in [-0.1, -0.05) is 58.4 Å². The van der Waals surface area contributed by atoms with E-state index in [0.717, 1.165) is 21.3 Å². The zero-order valence-corrected chi connectivity index (χ0v) is 13.6. The average Bonchev–Trinajstić information content (AvgIpc) is 3.08. The number of carbonyl (C=O) groups is 1. The van der Waals surface area contributed by atoms with E-state index in [1.807, 2.05) is 60.8 Å². The monoisotopic (exact) mass is 353 g/mol. The minimum absolute atomic E-state index is 0.0378. The van der Waals surface area contributed by atoms with Crippen LogP contribution in [-0.4, -0.2) is 10.8 Å². The van der Waals surface area contributed by atoms with E-state index in [4.69, 9.17) is 0 Å². The second-order valence-corrected chi connectivity index (χ2v) is 6.14. The summed E-state index contributed by atoms with van der Waals surface area (Å²) in [5.74, 6) is 0.193. The van der Waals surface area contributed by atoms with Crippen LogP contribution in [0.15, 0.2) is 77.4 Å². The number of aromatic nitrogens is 1. The second-order valence-electron chi connectivity index (χ2n) is 5.22. The molecule has 2 nitrogen and oxygen atoms in total. The SMILES string of the molecule is O=C(CC(c1ccc(Br)cc1)c1ccc[nH]1)c1ccccc1. The van der Waals surface area contributed by atoms with Crippen LogP contribution < -0.4 is 0 Å². The standard InChI is InChI=1S/C19H16BrNO/c20-16-10-8-14(9-11-16)17(18-7-4-12-21-18)13-19(22)15-5-2-1-3-6-15/h1-12,17,21H,13H2. The van der Waals surface area contributed by atoms with Crippen LogP contribution in [0.5, 0.6) is 0 Å². The molecule has 0 bridgehead atoms. The first kappa shape index (κ1) is 14.8. The van der Waals surface area contributed by atoms with E-state index in [0.29, 0.717) is 6.42 Å². The first-order valence-corrected chi connectivity index (χ1v) is 8.00. The molecule has 1 atom stereocenters. The van der Waals surface area contributed by atoms with Crippen LogP contribution in [0.25, 0.3) is 0 Å². The van der Waals surface area contributed by atoms with Crippen molar-refractivity contribution < 1.29 is 4.79 Å². The van der Waals surface area contributed by atoms with E-state index < -0.39 is 0 Å². The first-order valence-electron chi connectivity index (χ1n) is 7.21. The van der Waals surface area contributed by atoms with Crippen molar-refractivity contribution in [2.45, 2.75) is 12.3 Å². The van der Waals surface area contributed by atoms with Crippen molar-refractivity contribution in [1.82, 2.24) is 4.98 Å². The summed E-state index contributed by atoms with van der Waals surface area (Å²) in [6.07, 6.45) is 2.35. The van der Waals surface area contributed by atoms with Crippen molar-refractivity contribution in [3.05, 3.63) is 94.2 Å². The molecule has 1 aromatic heterocycles. The fourth-order valence-electron chi connectivity index (χ4n) is 2.59. The molecule has 0 aliphatic rings. The van der Waals surface area contributed by atoms with Crippen molar-refractivity contribution in [2.24, 2.45) is 0 Å². The van der Waals surface area contributed by atoms with E-state index in [1.54, 1.807) is 0 Å². The lowest BCUT2D eigenvalue weighted by atomic mass is 9.89. The maximum Gasteiger partial charge on any atom is 0.163 e. The summed E-state index contributed by atoms with van der Waals surface area (Å²) in [7, 11) is 0. The summed E-state index contributed by atoms with van der Waals surface area (Å²) in [5.41, 5.74) is 2.96. The Kier molecular flexibility index (Phi) is 4.54. The van der Waals surface area contributed by atoms with Crippen molar-refractivity contribution in [3.8, 4) is 0 Å². The van der Waals surface area contributed by atoms with Gasteiger partial charge in [0, 0.05) is 34.3 Å². The van der Waals surface area contributed by atoms with Crippen molar-refractivity contribution >= 4 is 21.7 Å². The first-order chi connectivity index (χ1) is 10.7. The van der Waals surface area contributed by atoms with Crippen LogP contribution in [0.3, 0.4) is 0 Å². The lowest BCUT2D eigenvalue weighted by Crippen LogP contribution is -2.09. The Morgan fingerprint density at radius 3 is 2.32 bits per heavy atom. The molecule has 3 heteroatoms. The van der Waals surface area contributed by atoms with E-state index in [-0.39, 0.29) is 11.7 Å². The van der Waals surface area contributed by atoms with Gasteiger partial charge in [0.15, 0.2) is 5.78 Å². The smallest absolute Gasteiger partial charge is 0.163 e. The van der Waals surface area contributed by atoms with Crippen molar-refractivity contribution in [1.29, 1.82) is 0 Å². The normalized spacial score (nSPS) is 12.0. The van der Waals surface area contributed by atoms with Gasteiger partial charge in [-0.2, -0.15) is 0 Å². The highest BCUT2D eigenvalue weighted by Gasteiger charge is 2.19. The zero-order valence-electron chi connectivity index (χ0n) is 12.0. The number of benzene rings is 2. The lowest BCUT2D eigenvalue weighted by molar-refractivity contribution is 0.0977. The summed E-state index contributed by atoms with van der Waals surface area (Å²) < 4.78 is 1.04. The van der Waals surface area contributed by atoms with Crippen molar-refractivity contribution in [2.75, 3.05) is 0 Å². The minimum Gasteiger partial charge on any atom is -0.364 e. The molecule has 0 spiro atoms. The summed E-state index contributed by atoms with van der Waals surface area (Å²) in [4.78, 5) is 15.8. The number of carbonyl (C=O) groups excluding carboxylic acids is 1. The molecule has 3 aromatic rings. The summed E-state index contributed by atoms with van der Waals surface area (Å²) in [6, 6.07) is 21.6. The van der Waals surface area contributed by atoms with E-state index in [1.165, 1.54) is 0 Å².